The molecule has 0 amide bonds. The zero-order valence-electron chi connectivity index (χ0n) is 11.7. The second-order valence-electron chi connectivity index (χ2n) is 4.25. The van der Waals surface area contributed by atoms with Crippen LogP contribution in [0.25, 0.3) is 0 Å². The number of para-hydroxylation sites is 2. The molecule has 1 aromatic carbocycles. The zero-order valence-corrected chi connectivity index (χ0v) is 11.7. The van der Waals surface area contributed by atoms with Crippen molar-refractivity contribution in [2.24, 2.45) is 0 Å². The molecule has 1 unspecified atom stereocenters. The molecule has 0 spiro atoms. The number of rotatable bonds is 9. The van der Waals surface area contributed by atoms with Crippen molar-refractivity contribution in [2.75, 3.05) is 19.8 Å². The van der Waals surface area contributed by atoms with Crippen LogP contribution in [0.3, 0.4) is 0 Å². The van der Waals surface area contributed by atoms with Crippen molar-refractivity contribution >= 4 is 0 Å². The van der Waals surface area contributed by atoms with Gasteiger partial charge in [-0.25, -0.2) is 0 Å². The fourth-order valence-corrected chi connectivity index (χ4v) is 1.70. The normalized spacial score (nSPS) is 12.2. The highest BCUT2D eigenvalue weighted by atomic mass is 16.5. The van der Waals surface area contributed by atoms with Crippen LogP contribution < -0.4 is 14.8 Å². The van der Waals surface area contributed by atoms with Gasteiger partial charge in [-0.3, -0.25) is 0 Å². The molecule has 0 aromatic heterocycles. The predicted molar refractivity (Wildman–Crippen MR) is 75.5 cm³/mol. The van der Waals surface area contributed by atoms with Gasteiger partial charge >= 0.3 is 0 Å². The van der Waals surface area contributed by atoms with E-state index in [-0.39, 0.29) is 0 Å². The summed E-state index contributed by atoms with van der Waals surface area (Å²) in [5.41, 5.74) is 0. The summed E-state index contributed by atoms with van der Waals surface area (Å²) < 4.78 is 11.4. The molecule has 18 heavy (non-hydrogen) atoms. The Bertz CT molecular complexity index is 328. The van der Waals surface area contributed by atoms with E-state index in [0.717, 1.165) is 30.9 Å². The van der Waals surface area contributed by atoms with E-state index in [2.05, 4.69) is 19.2 Å². The molecule has 0 saturated heterocycles. The molecule has 1 atom stereocenters. The van der Waals surface area contributed by atoms with E-state index in [0.29, 0.717) is 19.3 Å². The molecule has 3 heteroatoms. The van der Waals surface area contributed by atoms with Crippen LogP contribution in [-0.4, -0.2) is 25.8 Å². The van der Waals surface area contributed by atoms with Crippen molar-refractivity contribution in [1.29, 1.82) is 0 Å². The highest BCUT2D eigenvalue weighted by Crippen LogP contribution is 2.26. The average Bonchev–Trinajstić information content (AvgIpc) is 2.41. The first-order valence-electron chi connectivity index (χ1n) is 6.89. The van der Waals surface area contributed by atoms with Gasteiger partial charge in [-0.15, -0.1) is 0 Å². The molecule has 0 saturated carbocycles. The van der Waals surface area contributed by atoms with Gasteiger partial charge in [-0.1, -0.05) is 26.0 Å². The summed E-state index contributed by atoms with van der Waals surface area (Å²) in [4.78, 5) is 0. The molecule has 102 valence electrons. The van der Waals surface area contributed by atoms with Crippen molar-refractivity contribution in [3.8, 4) is 11.5 Å². The largest absolute Gasteiger partial charge is 0.490 e. The molecule has 0 aliphatic carbocycles. The second-order valence-corrected chi connectivity index (χ2v) is 4.25. The molecule has 0 aliphatic rings. The maximum atomic E-state index is 5.85. The Hall–Kier alpha value is -1.22. The van der Waals surface area contributed by atoms with E-state index in [1.165, 1.54) is 0 Å². The SMILES string of the molecule is CCCNC(CC)COc1ccccc1OCC. The summed E-state index contributed by atoms with van der Waals surface area (Å²) >= 11 is 0. The van der Waals surface area contributed by atoms with Gasteiger partial charge in [0.1, 0.15) is 6.61 Å². The summed E-state index contributed by atoms with van der Waals surface area (Å²) in [5, 5.41) is 3.47. The summed E-state index contributed by atoms with van der Waals surface area (Å²) in [6.07, 6.45) is 2.21. The van der Waals surface area contributed by atoms with Crippen molar-refractivity contribution < 1.29 is 9.47 Å². The van der Waals surface area contributed by atoms with Gasteiger partial charge in [-0.2, -0.15) is 0 Å². The molecular weight excluding hydrogens is 226 g/mol. The first-order chi connectivity index (χ1) is 8.81. The van der Waals surface area contributed by atoms with Crippen LogP contribution in [-0.2, 0) is 0 Å². The Kier molecular flexibility index (Phi) is 7.26. The van der Waals surface area contributed by atoms with Crippen molar-refractivity contribution in [3.63, 3.8) is 0 Å². The van der Waals surface area contributed by atoms with Gasteiger partial charge in [0.05, 0.1) is 6.61 Å². The van der Waals surface area contributed by atoms with Crippen LogP contribution in [0.5, 0.6) is 11.5 Å². The molecule has 3 nitrogen and oxygen atoms in total. The minimum Gasteiger partial charge on any atom is -0.490 e. The minimum absolute atomic E-state index is 0.402. The fraction of sp³-hybridized carbons (Fsp3) is 0.600. The predicted octanol–water partition coefficient (Wildman–Crippen LogP) is 3.24. The van der Waals surface area contributed by atoms with Gasteiger partial charge in [0.15, 0.2) is 11.5 Å². The zero-order chi connectivity index (χ0) is 13.2. The van der Waals surface area contributed by atoms with Gasteiger partial charge < -0.3 is 14.8 Å². The lowest BCUT2D eigenvalue weighted by Gasteiger charge is -2.18. The van der Waals surface area contributed by atoms with Crippen LogP contribution in [0.2, 0.25) is 0 Å². The molecule has 0 heterocycles. The lowest BCUT2D eigenvalue weighted by molar-refractivity contribution is 0.241. The second kappa shape index (κ2) is 8.81. The summed E-state index contributed by atoms with van der Waals surface area (Å²) in [7, 11) is 0. The lowest BCUT2D eigenvalue weighted by atomic mass is 10.2. The molecule has 0 aliphatic heterocycles. The van der Waals surface area contributed by atoms with E-state index in [9.17, 15) is 0 Å². The third-order valence-electron chi connectivity index (χ3n) is 2.76. The van der Waals surface area contributed by atoms with Gasteiger partial charge in [0.2, 0.25) is 0 Å². The van der Waals surface area contributed by atoms with Crippen LogP contribution in [0.1, 0.15) is 33.6 Å². The number of hydrogen-bond acceptors (Lipinski definition) is 3. The highest BCUT2D eigenvalue weighted by Gasteiger charge is 2.08. The topological polar surface area (TPSA) is 30.5 Å². The highest BCUT2D eigenvalue weighted by molar-refractivity contribution is 5.39. The molecule has 1 aromatic rings. The van der Waals surface area contributed by atoms with Gasteiger partial charge in [0, 0.05) is 6.04 Å². The monoisotopic (exact) mass is 251 g/mol. The number of nitrogens with one attached hydrogen (secondary N) is 1. The van der Waals surface area contributed by atoms with E-state index in [1.807, 2.05) is 31.2 Å². The van der Waals surface area contributed by atoms with Crippen molar-refractivity contribution in [2.45, 2.75) is 39.7 Å². The van der Waals surface area contributed by atoms with Crippen molar-refractivity contribution in [3.05, 3.63) is 24.3 Å². The van der Waals surface area contributed by atoms with E-state index >= 15 is 0 Å². The van der Waals surface area contributed by atoms with Crippen LogP contribution >= 0.6 is 0 Å². The first kappa shape index (κ1) is 14.8. The minimum atomic E-state index is 0.402. The van der Waals surface area contributed by atoms with Crippen LogP contribution in [0.4, 0.5) is 0 Å². The molecule has 0 radical (unpaired) electrons. The third kappa shape index (κ3) is 4.96. The summed E-state index contributed by atoms with van der Waals surface area (Å²) in [6.45, 7) is 8.70. The number of hydrogen-bond donors (Lipinski definition) is 1. The van der Waals surface area contributed by atoms with E-state index in [1.54, 1.807) is 0 Å². The Morgan fingerprint density at radius 2 is 1.72 bits per heavy atom. The third-order valence-corrected chi connectivity index (χ3v) is 2.76. The number of ether oxygens (including phenoxy) is 2. The summed E-state index contributed by atoms with van der Waals surface area (Å²) in [6, 6.07) is 8.24. The lowest BCUT2D eigenvalue weighted by Crippen LogP contribution is -2.34. The maximum Gasteiger partial charge on any atom is 0.161 e. The average molecular weight is 251 g/mol. The number of benzene rings is 1. The van der Waals surface area contributed by atoms with Crippen LogP contribution in [0.15, 0.2) is 24.3 Å². The van der Waals surface area contributed by atoms with Crippen molar-refractivity contribution in [1.82, 2.24) is 5.32 Å². The standard InChI is InChI=1S/C15H25NO2/c1-4-11-16-13(5-2)12-18-15-10-8-7-9-14(15)17-6-3/h7-10,13,16H,4-6,11-12H2,1-3H3. The maximum absolute atomic E-state index is 5.85. The fourth-order valence-electron chi connectivity index (χ4n) is 1.70. The Morgan fingerprint density at radius 1 is 1.06 bits per heavy atom. The molecule has 1 N–H and O–H groups in total. The Balaban J connectivity index is 2.50. The van der Waals surface area contributed by atoms with E-state index in [4.69, 9.17) is 9.47 Å². The van der Waals surface area contributed by atoms with Gasteiger partial charge in [-0.05, 0) is 38.4 Å². The Labute approximate surface area is 110 Å². The quantitative estimate of drug-likeness (QED) is 0.731. The van der Waals surface area contributed by atoms with Crippen LogP contribution in [0, 0.1) is 0 Å². The Morgan fingerprint density at radius 3 is 2.28 bits per heavy atom. The molecule has 1 rings (SSSR count). The summed E-state index contributed by atoms with van der Waals surface area (Å²) in [5.74, 6) is 1.65. The molecular formula is C15H25NO2. The van der Waals surface area contributed by atoms with E-state index < -0.39 is 0 Å². The van der Waals surface area contributed by atoms with Gasteiger partial charge in [0.25, 0.3) is 0 Å². The molecule has 0 bridgehead atoms. The smallest absolute Gasteiger partial charge is 0.161 e. The molecule has 0 fully saturated rings. The first-order valence-corrected chi connectivity index (χ1v) is 6.89.